The molecule has 0 unspecified atom stereocenters. The van der Waals surface area contributed by atoms with Gasteiger partial charge in [0, 0.05) is 37.3 Å². The number of hydrogen-bond acceptors (Lipinski definition) is 5. The summed E-state index contributed by atoms with van der Waals surface area (Å²) in [6, 6.07) is 0. The van der Waals surface area contributed by atoms with E-state index >= 15 is 0 Å². The molecular weight excluding hydrogens is 296 g/mol. The number of morpholine rings is 1. The maximum atomic E-state index is 12.3. The van der Waals surface area contributed by atoms with E-state index in [1.165, 1.54) is 0 Å². The smallest absolute Gasteiger partial charge is 0.255 e. The third-order valence-corrected chi connectivity index (χ3v) is 3.97. The number of H-pyrrole nitrogens is 1. The molecule has 1 aliphatic rings. The minimum absolute atomic E-state index is 0.0190. The molecule has 128 valence electrons. The molecule has 1 fully saturated rings. The fourth-order valence-electron chi connectivity index (χ4n) is 2.55. The first-order valence-corrected chi connectivity index (χ1v) is 8.31. The number of carbonyl (C=O) groups excluding carboxylic acids is 1. The number of hydrogen-bond donors (Lipinski definition) is 2. The van der Waals surface area contributed by atoms with Crippen LogP contribution >= 0.6 is 0 Å². The SMILES string of the molecule is CCCCNC(=O)CCc1c(C)nc(N2CCOCC2)[nH]c1=O. The van der Waals surface area contributed by atoms with E-state index in [4.69, 9.17) is 4.74 Å². The first-order chi connectivity index (χ1) is 11.1. The molecule has 7 nitrogen and oxygen atoms in total. The number of ether oxygens (including phenoxy) is 1. The van der Waals surface area contributed by atoms with E-state index in [-0.39, 0.29) is 11.5 Å². The highest BCUT2D eigenvalue weighted by molar-refractivity contribution is 5.76. The zero-order chi connectivity index (χ0) is 16.7. The van der Waals surface area contributed by atoms with Crippen LogP contribution in [0.4, 0.5) is 5.95 Å². The summed E-state index contributed by atoms with van der Waals surface area (Å²) < 4.78 is 5.30. The maximum Gasteiger partial charge on any atom is 0.255 e. The van der Waals surface area contributed by atoms with E-state index in [1.807, 2.05) is 11.8 Å². The summed E-state index contributed by atoms with van der Waals surface area (Å²) in [5.74, 6) is 0.571. The number of aromatic amines is 1. The van der Waals surface area contributed by atoms with Crippen LogP contribution in [0.2, 0.25) is 0 Å². The highest BCUT2D eigenvalue weighted by atomic mass is 16.5. The number of rotatable bonds is 7. The van der Waals surface area contributed by atoms with Crippen LogP contribution in [0.25, 0.3) is 0 Å². The molecule has 0 aromatic carbocycles. The van der Waals surface area contributed by atoms with E-state index in [1.54, 1.807) is 0 Å². The Balaban J connectivity index is 1.97. The van der Waals surface area contributed by atoms with E-state index < -0.39 is 0 Å². The van der Waals surface area contributed by atoms with E-state index in [9.17, 15) is 9.59 Å². The summed E-state index contributed by atoms with van der Waals surface area (Å²) in [6.07, 6.45) is 2.74. The highest BCUT2D eigenvalue weighted by Gasteiger charge is 2.16. The van der Waals surface area contributed by atoms with Crippen molar-refractivity contribution in [3.8, 4) is 0 Å². The molecule has 7 heteroatoms. The third kappa shape index (κ3) is 5.06. The lowest BCUT2D eigenvalue weighted by atomic mass is 10.1. The molecule has 0 saturated carbocycles. The predicted molar refractivity (Wildman–Crippen MR) is 88.9 cm³/mol. The van der Waals surface area contributed by atoms with Crippen LogP contribution in [-0.4, -0.2) is 48.7 Å². The Hall–Kier alpha value is -1.89. The van der Waals surface area contributed by atoms with E-state index in [2.05, 4.69) is 22.2 Å². The number of aromatic nitrogens is 2. The summed E-state index contributed by atoms with van der Waals surface area (Å²) in [4.78, 5) is 33.4. The predicted octanol–water partition coefficient (Wildman–Crippen LogP) is 0.764. The van der Waals surface area contributed by atoms with Crippen molar-refractivity contribution < 1.29 is 9.53 Å². The quantitative estimate of drug-likeness (QED) is 0.724. The Bertz CT molecular complexity index is 579. The molecule has 1 aromatic heterocycles. The van der Waals surface area contributed by atoms with Gasteiger partial charge in [0.05, 0.1) is 13.2 Å². The molecule has 1 amide bonds. The molecule has 1 aliphatic heterocycles. The Kier molecular flexibility index (Phi) is 6.58. The fraction of sp³-hybridized carbons (Fsp3) is 0.688. The summed E-state index contributed by atoms with van der Waals surface area (Å²) in [5, 5.41) is 2.86. The van der Waals surface area contributed by atoms with Crippen molar-refractivity contribution in [1.82, 2.24) is 15.3 Å². The summed E-state index contributed by atoms with van der Waals surface area (Å²) in [6.45, 7) is 7.33. The Morgan fingerprint density at radius 2 is 2.13 bits per heavy atom. The van der Waals surface area contributed by atoms with Gasteiger partial charge >= 0.3 is 0 Å². The lowest BCUT2D eigenvalue weighted by Crippen LogP contribution is -2.38. The summed E-state index contributed by atoms with van der Waals surface area (Å²) >= 11 is 0. The van der Waals surface area contributed by atoms with Crippen molar-refractivity contribution in [3.05, 3.63) is 21.6 Å². The van der Waals surface area contributed by atoms with Gasteiger partial charge in [-0.05, 0) is 19.8 Å². The lowest BCUT2D eigenvalue weighted by Gasteiger charge is -2.27. The monoisotopic (exact) mass is 322 g/mol. The number of carbonyl (C=O) groups is 1. The molecule has 0 spiro atoms. The Morgan fingerprint density at radius 3 is 2.78 bits per heavy atom. The third-order valence-electron chi connectivity index (χ3n) is 3.97. The van der Waals surface area contributed by atoms with Gasteiger partial charge in [-0.15, -0.1) is 0 Å². The van der Waals surface area contributed by atoms with Crippen LogP contribution in [0.15, 0.2) is 4.79 Å². The number of unbranched alkanes of at least 4 members (excludes halogenated alkanes) is 1. The van der Waals surface area contributed by atoms with Crippen molar-refractivity contribution in [3.63, 3.8) is 0 Å². The number of anilines is 1. The van der Waals surface area contributed by atoms with Crippen LogP contribution in [0, 0.1) is 6.92 Å². The van der Waals surface area contributed by atoms with Gasteiger partial charge in [-0.2, -0.15) is 0 Å². The van der Waals surface area contributed by atoms with Gasteiger partial charge in [-0.3, -0.25) is 14.6 Å². The second-order valence-corrected chi connectivity index (χ2v) is 5.76. The maximum absolute atomic E-state index is 12.3. The average Bonchev–Trinajstić information content (AvgIpc) is 2.55. The molecule has 0 atom stereocenters. The van der Waals surface area contributed by atoms with E-state index in [0.29, 0.717) is 49.8 Å². The van der Waals surface area contributed by atoms with Gasteiger partial charge in [-0.25, -0.2) is 4.98 Å². The standard InChI is InChI=1S/C16H26N4O3/c1-3-4-7-17-14(21)6-5-13-12(2)18-16(19-15(13)22)20-8-10-23-11-9-20/h3-11H2,1-2H3,(H,17,21)(H,18,19,22). The largest absolute Gasteiger partial charge is 0.378 e. The normalized spacial score (nSPS) is 14.8. The first-order valence-electron chi connectivity index (χ1n) is 8.31. The van der Waals surface area contributed by atoms with E-state index in [0.717, 1.165) is 25.9 Å². The van der Waals surface area contributed by atoms with Gasteiger partial charge in [0.25, 0.3) is 5.56 Å². The Labute approximate surface area is 136 Å². The number of nitrogens with zero attached hydrogens (tertiary/aromatic N) is 2. The number of aryl methyl sites for hydroxylation is 1. The second kappa shape index (κ2) is 8.67. The van der Waals surface area contributed by atoms with Gasteiger partial charge in [0.2, 0.25) is 11.9 Å². The van der Waals surface area contributed by atoms with Crippen molar-refractivity contribution in [2.75, 3.05) is 37.7 Å². The van der Waals surface area contributed by atoms with Gasteiger partial charge in [-0.1, -0.05) is 13.3 Å². The first kappa shape index (κ1) is 17.5. The molecule has 0 aliphatic carbocycles. The van der Waals surface area contributed by atoms with Crippen molar-refractivity contribution in [1.29, 1.82) is 0 Å². The fourth-order valence-corrected chi connectivity index (χ4v) is 2.55. The molecule has 1 saturated heterocycles. The molecule has 2 N–H and O–H groups in total. The van der Waals surface area contributed by atoms with Crippen LogP contribution in [0.3, 0.4) is 0 Å². The average molecular weight is 322 g/mol. The van der Waals surface area contributed by atoms with Crippen LogP contribution < -0.4 is 15.8 Å². The highest BCUT2D eigenvalue weighted by Crippen LogP contribution is 2.11. The Morgan fingerprint density at radius 1 is 1.39 bits per heavy atom. The van der Waals surface area contributed by atoms with Crippen molar-refractivity contribution in [2.24, 2.45) is 0 Å². The molecule has 23 heavy (non-hydrogen) atoms. The van der Waals surface area contributed by atoms with Crippen molar-refractivity contribution >= 4 is 11.9 Å². The second-order valence-electron chi connectivity index (χ2n) is 5.76. The lowest BCUT2D eigenvalue weighted by molar-refractivity contribution is -0.121. The molecule has 1 aromatic rings. The van der Waals surface area contributed by atoms with Gasteiger partial charge < -0.3 is 15.0 Å². The van der Waals surface area contributed by atoms with Crippen LogP contribution in [0.1, 0.15) is 37.4 Å². The van der Waals surface area contributed by atoms with Crippen molar-refractivity contribution in [2.45, 2.75) is 39.5 Å². The summed E-state index contributed by atoms with van der Waals surface area (Å²) in [7, 11) is 0. The minimum atomic E-state index is -0.152. The number of nitrogens with one attached hydrogen (secondary N) is 2. The zero-order valence-corrected chi connectivity index (χ0v) is 14.0. The molecule has 2 rings (SSSR count). The van der Waals surface area contributed by atoms with Gasteiger partial charge in [0.1, 0.15) is 0 Å². The molecular formula is C16H26N4O3. The topological polar surface area (TPSA) is 87.3 Å². The molecule has 2 heterocycles. The molecule has 0 radical (unpaired) electrons. The van der Waals surface area contributed by atoms with Crippen LogP contribution in [0.5, 0.6) is 0 Å². The summed E-state index contributed by atoms with van der Waals surface area (Å²) in [5.41, 5.74) is 1.13. The zero-order valence-electron chi connectivity index (χ0n) is 14.0. The molecule has 0 bridgehead atoms. The number of amides is 1. The van der Waals surface area contributed by atoms with Gasteiger partial charge in [0.15, 0.2) is 0 Å². The van der Waals surface area contributed by atoms with Crippen LogP contribution in [-0.2, 0) is 16.0 Å². The minimum Gasteiger partial charge on any atom is -0.378 e.